The van der Waals surface area contributed by atoms with E-state index in [1.54, 1.807) is 29.0 Å². The third-order valence-corrected chi connectivity index (χ3v) is 5.64. The molecule has 1 aromatic heterocycles. The Balaban J connectivity index is 1.64. The summed E-state index contributed by atoms with van der Waals surface area (Å²) in [5.41, 5.74) is 2.31. The highest BCUT2D eigenvalue weighted by Gasteiger charge is 2.32. The molecule has 5 nitrogen and oxygen atoms in total. The van der Waals surface area contributed by atoms with E-state index in [9.17, 15) is 18.8 Å². The SMILES string of the molecule is O=C1CCC(c2c(F)ccc(-c3ccc(Cn4ccccc4=O)cc3)c2Cl)C(=O)N1. The zero-order chi connectivity index (χ0) is 21.3. The number of pyridine rings is 1. The van der Waals surface area contributed by atoms with Crippen molar-refractivity contribution in [1.29, 1.82) is 0 Å². The molecule has 1 fully saturated rings. The van der Waals surface area contributed by atoms with E-state index in [0.717, 1.165) is 11.1 Å². The van der Waals surface area contributed by atoms with Crippen molar-refractivity contribution in [3.8, 4) is 11.1 Å². The number of amides is 2. The summed E-state index contributed by atoms with van der Waals surface area (Å²) in [6.45, 7) is 0.429. The minimum atomic E-state index is -0.806. The molecule has 1 N–H and O–H groups in total. The lowest BCUT2D eigenvalue weighted by Gasteiger charge is -2.23. The van der Waals surface area contributed by atoms with Crippen molar-refractivity contribution in [2.24, 2.45) is 0 Å². The Morgan fingerprint density at radius 1 is 1.03 bits per heavy atom. The summed E-state index contributed by atoms with van der Waals surface area (Å²) >= 11 is 6.52. The molecule has 2 heterocycles. The number of rotatable bonds is 4. The van der Waals surface area contributed by atoms with Crippen molar-refractivity contribution < 1.29 is 14.0 Å². The van der Waals surface area contributed by atoms with Crippen LogP contribution in [0.25, 0.3) is 11.1 Å². The van der Waals surface area contributed by atoms with E-state index in [4.69, 9.17) is 11.6 Å². The van der Waals surface area contributed by atoms with Crippen molar-refractivity contribution in [3.63, 3.8) is 0 Å². The molecule has 2 amide bonds. The molecule has 3 aromatic rings. The molecule has 1 aliphatic rings. The Bertz CT molecular complexity index is 1190. The highest BCUT2D eigenvalue weighted by Crippen LogP contribution is 2.38. The van der Waals surface area contributed by atoms with Gasteiger partial charge in [-0.2, -0.15) is 0 Å². The number of nitrogens with zero attached hydrogens (tertiary/aromatic N) is 1. The topological polar surface area (TPSA) is 68.2 Å². The molecular weight excluding hydrogens is 407 g/mol. The van der Waals surface area contributed by atoms with Crippen LogP contribution in [0.1, 0.15) is 29.9 Å². The number of hydrogen-bond acceptors (Lipinski definition) is 3. The van der Waals surface area contributed by atoms with Crippen LogP contribution in [0.3, 0.4) is 0 Å². The van der Waals surface area contributed by atoms with Gasteiger partial charge >= 0.3 is 0 Å². The van der Waals surface area contributed by atoms with E-state index in [-0.39, 0.29) is 34.9 Å². The van der Waals surface area contributed by atoms with Crippen LogP contribution < -0.4 is 10.9 Å². The van der Waals surface area contributed by atoms with Crippen molar-refractivity contribution in [3.05, 3.63) is 93.1 Å². The maximum atomic E-state index is 14.6. The molecule has 1 unspecified atom stereocenters. The van der Waals surface area contributed by atoms with Gasteiger partial charge in [0.1, 0.15) is 5.82 Å². The summed E-state index contributed by atoms with van der Waals surface area (Å²) in [6, 6.07) is 15.3. The van der Waals surface area contributed by atoms with Gasteiger partial charge in [0, 0.05) is 29.8 Å². The largest absolute Gasteiger partial charge is 0.311 e. The van der Waals surface area contributed by atoms with Gasteiger partial charge in [0.25, 0.3) is 5.56 Å². The van der Waals surface area contributed by atoms with Crippen LogP contribution in [-0.2, 0) is 16.1 Å². The van der Waals surface area contributed by atoms with E-state index in [0.29, 0.717) is 12.1 Å². The number of piperidine rings is 1. The van der Waals surface area contributed by atoms with E-state index < -0.39 is 17.6 Å². The molecule has 0 aliphatic carbocycles. The first kappa shape index (κ1) is 20.0. The standard InChI is InChI=1S/C23H18ClFN2O3/c24-22-16(8-10-18(25)21(22)17-9-11-19(28)26-23(17)30)15-6-4-14(5-7-15)13-27-12-2-1-3-20(27)29/h1-8,10,12,17H,9,11,13H2,(H,26,28,30). The van der Waals surface area contributed by atoms with Crippen molar-refractivity contribution >= 4 is 23.4 Å². The second-order valence-electron chi connectivity index (χ2n) is 7.19. The smallest absolute Gasteiger partial charge is 0.250 e. The number of benzene rings is 2. The molecule has 152 valence electrons. The quantitative estimate of drug-likeness (QED) is 0.646. The fraction of sp³-hybridized carbons (Fsp3) is 0.174. The fourth-order valence-corrected chi connectivity index (χ4v) is 4.05. The first-order valence-corrected chi connectivity index (χ1v) is 9.88. The van der Waals surface area contributed by atoms with Crippen LogP contribution >= 0.6 is 11.6 Å². The van der Waals surface area contributed by atoms with Crippen LogP contribution in [0.4, 0.5) is 4.39 Å². The number of carbonyl (C=O) groups excluding carboxylic acids is 2. The van der Waals surface area contributed by atoms with Gasteiger partial charge in [0.15, 0.2) is 0 Å². The van der Waals surface area contributed by atoms with Gasteiger partial charge in [-0.15, -0.1) is 0 Å². The summed E-state index contributed by atoms with van der Waals surface area (Å²) in [5.74, 6) is -2.28. The predicted molar refractivity (Wildman–Crippen MR) is 112 cm³/mol. The Kier molecular flexibility index (Phi) is 5.50. The molecule has 0 saturated carbocycles. The molecule has 1 saturated heterocycles. The number of hydrogen-bond donors (Lipinski definition) is 1. The van der Waals surface area contributed by atoms with Crippen molar-refractivity contribution in [2.75, 3.05) is 0 Å². The predicted octanol–water partition coefficient (Wildman–Crippen LogP) is 3.88. The second-order valence-corrected chi connectivity index (χ2v) is 7.57. The number of carbonyl (C=O) groups is 2. The van der Waals surface area contributed by atoms with Crippen LogP contribution in [0.5, 0.6) is 0 Å². The molecule has 0 spiro atoms. The minimum Gasteiger partial charge on any atom is -0.311 e. The summed E-state index contributed by atoms with van der Waals surface area (Å²) in [5, 5.41) is 2.41. The van der Waals surface area contributed by atoms with Crippen LogP contribution in [0.2, 0.25) is 5.02 Å². The molecule has 1 aliphatic heterocycles. The summed E-state index contributed by atoms with van der Waals surface area (Å²) in [4.78, 5) is 35.5. The van der Waals surface area contributed by atoms with E-state index in [2.05, 4.69) is 5.32 Å². The Labute approximate surface area is 177 Å². The zero-order valence-corrected chi connectivity index (χ0v) is 16.7. The van der Waals surface area contributed by atoms with Gasteiger partial charge < -0.3 is 4.57 Å². The average molecular weight is 425 g/mol. The number of imide groups is 1. The van der Waals surface area contributed by atoms with Gasteiger partial charge in [-0.3, -0.25) is 19.7 Å². The van der Waals surface area contributed by atoms with Gasteiger partial charge in [0.05, 0.1) is 17.5 Å². The first-order valence-electron chi connectivity index (χ1n) is 9.50. The fourth-order valence-electron chi connectivity index (χ4n) is 3.66. The summed E-state index contributed by atoms with van der Waals surface area (Å²) < 4.78 is 16.2. The molecule has 2 aromatic carbocycles. The van der Waals surface area contributed by atoms with Crippen LogP contribution in [0.15, 0.2) is 65.6 Å². The lowest BCUT2D eigenvalue weighted by atomic mass is 9.88. The van der Waals surface area contributed by atoms with Crippen molar-refractivity contribution in [1.82, 2.24) is 9.88 Å². The lowest BCUT2D eigenvalue weighted by molar-refractivity contribution is -0.134. The van der Waals surface area contributed by atoms with E-state index in [1.165, 1.54) is 12.1 Å². The zero-order valence-electron chi connectivity index (χ0n) is 15.9. The van der Waals surface area contributed by atoms with Gasteiger partial charge in [-0.25, -0.2) is 4.39 Å². The maximum absolute atomic E-state index is 14.6. The van der Waals surface area contributed by atoms with Gasteiger partial charge in [0.2, 0.25) is 11.8 Å². The first-order chi connectivity index (χ1) is 14.4. The third-order valence-electron chi connectivity index (χ3n) is 5.23. The average Bonchev–Trinajstić information content (AvgIpc) is 2.72. The highest BCUT2D eigenvalue weighted by molar-refractivity contribution is 6.34. The Morgan fingerprint density at radius 2 is 1.80 bits per heavy atom. The number of halogens is 2. The van der Waals surface area contributed by atoms with Gasteiger partial charge in [-0.05, 0) is 35.7 Å². The van der Waals surface area contributed by atoms with Gasteiger partial charge in [-0.1, -0.05) is 41.9 Å². The second kappa shape index (κ2) is 8.24. The van der Waals surface area contributed by atoms with Crippen molar-refractivity contribution in [2.45, 2.75) is 25.3 Å². The molecule has 0 bridgehead atoms. The molecule has 0 radical (unpaired) electrons. The lowest BCUT2D eigenvalue weighted by Crippen LogP contribution is -2.39. The minimum absolute atomic E-state index is 0.0861. The number of nitrogens with one attached hydrogen (secondary N) is 1. The molecule has 4 rings (SSSR count). The maximum Gasteiger partial charge on any atom is 0.250 e. The van der Waals surface area contributed by atoms with Crippen LogP contribution in [-0.4, -0.2) is 16.4 Å². The Hall–Kier alpha value is -3.25. The van der Waals surface area contributed by atoms with E-state index >= 15 is 0 Å². The normalized spacial score (nSPS) is 16.4. The summed E-state index contributed by atoms with van der Waals surface area (Å²) in [7, 11) is 0. The van der Waals surface area contributed by atoms with E-state index in [1.807, 2.05) is 24.3 Å². The summed E-state index contributed by atoms with van der Waals surface area (Å²) in [6.07, 6.45) is 2.08. The van der Waals surface area contributed by atoms with Crippen LogP contribution in [0, 0.1) is 5.82 Å². The highest BCUT2D eigenvalue weighted by atomic mass is 35.5. The number of aromatic nitrogens is 1. The molecule has 7 heteroatoms. The third kappa shape index (κ3) is 3.91. The monoisotopic (exact) mass is 424 g/mol. The Morgan fingerprint density at radius 3 is 2.50 bits per heavy atom. The molecule has 1 atom stereocenters. The molecule has 30 heavy (non-hydrogen) atoms. The molecular formula is C23H18ClFN2O3.